The SMILES string of the molecule is COC(=O)c1ccc(CSc2nnc(C)n2CCN)o1. The Hall–Kier alpha value is -1.80. The number of carbonyl (C=O) groups excluding carboxylic acids is 1. The second-order valence-electron chi connectivity index (χ2n) is 4.02. The van der Waals surface area contributed by atoms with Crippen LogP contribution in [0.4, 0.5) is 0 Å². The molecule has 0 aliphatic heterocycles. The second-order valence-corrected chi connectivity index (χ2v) is 4.96. The molecule has 2 aromatic rings. The molecule has 8 heteroatoms. The lowest BCUT2D eigenvalue weighted by Gasteiger charge is -2.05. The van der Waals surface area contributed by atoms with Gasteiger partial charge in [-0.15, -0.1) is 10.2 Å². The van der Waals surface area contributed by atoms with E-state index < -0.39 is 5.97 Å². The molecule has 2 heterocycles. The maximum atomic E-state index is 11.3. The Labute approximate surface area is 120 Å². The van der Waals surface area contributed by atoms with Crippen LogP contribution in [-0.2, 0) is 17.0 Å². The van der Waals surface area contributed by atoms with E-state index in [4.69, 9.17) is 10.2 Å². The molecule has 0 aliphatic rings. The fraction of sp³-hybridized carbons (Fsp3) is 0.417. The Morgan fingerprint density at radius 2 is 2.30 bits per heavy atom. The van der Waals surface area contributed by atoms with Crippen LogP contribution in [0.3, 0.4) is 0 Å². The molecule has 0 spiro atoms. The zero-order chi connectivity index (χ0) is 14.5. The first kappa shape index (κ1) is 14.6. The van der Waals surface area contributed by atoms with Gasteiger partial charge in [0, 0.05) is 13.1 Å². The molecule has 2 N–H and O–H groups in total. The van der Waals surface area contributed by atoms with E-state index in [0.717, 1.165) is 11.0 Å². The molecule has 108 valence electrons. The van der Waals surface area contributed by atoms with Gasteiger partial charge < -0.3 is 19.5 Å². The Balaban J connectivity index is 2.02. The zero-order valence-corrected chi connectivity index (χ0v) is 12.1. The van der Waals surface area contributed by atoms with Crippen molar-refractivity contribution < 1.29 is 13.9 Å². The van der Waals surface area contributed by atoms with Gasteiger partial charge in [0.05, 0.1) is 12.9 Å². The summed E-state index contributed by atoms with van der Waals surface area (Å²) in [5.74, 6) is 1.77. The number of hydrogen-bond donors (Lipinski definition) is 1. The second kappa shape index (κ2) is 6.58. The van der Waals surface area contributed by atoms with Crippen molar-refractivity contribution in [3.05, 3.63) is 29.5 Å². The van der Waals surface area contributed by atoms with Crippen LogP contribution in [0.15, 0.2) is 21.7 Å². The average molecular weight is 296 g/mol. The highest BCUT2D eigenvalue weighted by molar-refractivity contribution is 7.98. The maximum Gasteiger partial charge on any atom is 0.373 e. The van der Waals surface area contributed by atoms with Gasteiger partial charge in [0.15, 0.2) is 5.16 Å². The van der Waals surface area contributed by atoms with Gasteiger partial charge in [-0.1, -0.05) is 11.8 Å². The number of ether oxygens (including phenoxy) is 1. The molecular formula is C12H16N4O3S. The van der Waals surface area contributed by atoms with Crippen LogP contribution < -0.4 is 5.73 Å². The van der Waals surface area contributed by atoms with Crippen LogP contribution in [0.25, 0.3) is 0 Å². The first-order valence-electron chi connectivity index (χ1n) is 6.05. The number of furan rings is 1. The predicted octanol–water partition coefficient (Wildman–Crippen LogP) is 1.22. The minimum atomic E-state index is -0.483. The minimum absolute atomic E-state index is 0.197. The standard InChI is InChI=1S/C12H16N4O3S/c1-8-14-15-12(16(8)6-5-13)20-7-9-3-4-10(19-9)11(17)18-2/h3-4H,5-7,13H2,1-2H3. The number of rotatable bonds is 6. The van der Waals surface area contributed by atoms with E-state index >= 15 is 0 Å². The number of hydrogen-bond acceptors (Lipinski definition) is 7. The van der Waals surface area contributed by atoms with Crippen molar-refractivity contribution in [3.8, 4) is 0 Å². The normalized spacial score (nSPS) is 10.8. The summed E-state index contributed by atoms with van der Waals surface area (Å²) in [4.78, 5) is 11.3. The number of thioether (sulfide) groups is 1. The summed E-state index contributed by atoms with van der Waals surface area (Å²) in [7, 11) is 1.32. The Bertz CT molecular complexity index is 593. The van der Waals surface area contributed by atoms with Gasteiger partial charge in [-0.3, -0.25) is 0 Å². The van der Waals surface area contributed by atoms with E-state index in [-0.39, 0.29) is 5.76 Å². The lowest BCUT2D eigenvalue weighted by molar-refractivity contribution is 0.0563. The van der Waals surface area contributed by atoms with Gasteiger partial charge in [0.25, 0.3) is 0 Å². The van der Waals surface area contributed by atoms with Crippen molar-refractivity contribution in [2.75, 3.05) is 13.7 Å². The van der Waals surface area contributed by atoms with Crippen LogP contribution in [0.2, 0.25) is 0 Å². The molecular weight excluding hydrogens is 280 g/mol. The third-order valence-corrected chi connectivity index (χ3v) is 3.64. The molecule has 0 unspecified atom stereocenters. The van der Waals surface area contributed by atoms with Crippen molar-refractivity contribution >= 4 is 17.7 Å². The average Bonchev–Trinajstić information content (AvgIpc) is 3.05. The van der Waals surface area contributed by atoms with Gasteiger partial charge in [0.1, 0.15) is 11.6 Å². The molecule has 2 aromatic heterocycles. The van der Waals surface area contributed by atoms with E-state index in [0.29, 0.717) is 24.6 Å². The van der Waals surface area contributed by atoms with Crippen molar-refractivity contribution in [3.63, 3.8) is 0 Å². The largest absolute Gasteiger partial charge is 0.463 e. The van der Waals surface area contributed by atoms with Crippen LogP contribution >= 0.6 is 11.8 Å². The van der Waals surface area contributed by atoms with E-state index in [2.05, 4.69) is 14.9 Å². The number of carbonyl (C=O) groups is 1. The van der Waals surface area contributed by atoms with E-state index in [1.165, 1.54) is 18.9 Å². The molecule has 0 amide bonds. The van der Waals surface area contributed by atoms with E-state index in [9.17, 15) is 4.79 Å². The number of nitrogens with two attached hydrogens (primary N) is 1. The Kier molecular flexibility index (Phi) is 4.80. The molecule has 0 bridgehead atoms. The van der Waals surface area contributed by atoms with Crippen LogP contribution in [-0.4, -0.2) is 34.4 Å². The zero-order valence-electron chi connectivity index (χ0n) is 11.3. The van der Waals surface area contributed by atoms with E-state index in [1.54, 1.807) is 12.1 Å². The molecule has 0 saturated carbocycles. The maximum absolute atomic E-state index is 11.3. The smallest absolute Gasteiger partial charge is 0.373 e. The molecule has 0 radical (unpaired) electrons. The molecule has 20 heavy (non-hydrogen) atoms. The highest BCUT2D eigenvalue weighted by Gasteiger charge is 2.13. The third kappa shape index (κ3) is 3.20. The summed E-state index contributed by atoms with van der Waals surface area (Å²) in [6, 6.07) is 3.34. The lowest BCUT2D eigenvalue weighted by Crippen LogP contribution is -2.12. The van der Waals surface area contributed by atoms with Gasteiger partial charge in [-0.25, -0.2) is 4.79 Å². The van der Waals surface area contributed by atoms with Crippen molar-refractivity contribution in [1.29, 1.82) is 0 Å². The van der Waals surface area contributed by atoms with Gasteiger partial charge in [-0.05, 0) is 19.1 Å². The van der Waals surface area contributed by atoms with Crippen LogP contribution in [0.1, 0.15) is 22.1 Å². The highest BCUT2D eigenvalue weighted by Crippen LogP contribution is 2.23. The topological polar surface area (TPSA) is 96.2 Å². The first-order valence-corrected chi connectivity index (χ1v) is 7.04. The third-order valence-electron chi connectivity index (χ3n) is 2.65. The fourth-order valence-electron chi connectivity index (χ4n) is 1.66. The first-order chi connectivity index (χ1) is 9.65. The summed E-state index contributed by atoms with van der Waals surface area (Å²) in [5, 5.41) is 8.90. The Morgan fingerprint density at radius 3 is 3.00 bits per heavy atom. The van der Waals surface area contributed by atoms with Gasteiger partial charge in [0.2, 0.25) is 5.76 Å². The molecule has 0 fully saturated rings. The van der Waals surface area contributed by atoms with E-state index in [1.807, 2.05) is 11.5 Å². The predicted molar refractivity (Wildman–Crippen MR) is 73.4 cm³/mol. The molecule has 0 atom stereocenters. The van der Waals surface area contributed by atoms with Crippen molar-refractivity contribution in [1.82, 2.24) is 14.8 Å². The Morgan fingerprint density at radius 1 is 1.50 bits per heavy atom. The fourth-order valence-corrected chi connectivity index (χ4v) is 2.56. The summed E-state index contributed by atoms with van der Waals surface area (Å²) < 4.78 is 11.9. The quantitative estimate of drug-likeness (QED) is 0.632. The number of methoxy groups -OCH3 is 1. The summed E-state index contributed by atoms with van der Waals surface area (Å²) in [6.07, 6.45) is 0. The lowest BCUT2D eigenvalue weighted by atomic mass is 10.4. The summed E-state index contributed by atoms with van der Waals surface area (Å²) in [6.45, 7) is 3.08. The molecule has 0 aromatic carbocycles. The number of aryl methyl sites for hydroxylation is 1. The molecule has 0 aliphatic carbocycles. The van der Waals surface area contributed by atoms with Gasteiger partial charge >= 0.3 is 5.97 Å². The highest BCUT2D eigenvalue weighted by atomic mass is 32.2. The summed E-state index contributed by atoms with van der Waals surface area (Å²) in [5.41, 5.74) is 5.56. The number of aromatic nitrogens is 3. The number of nitrogens with zero attached hydrogens (tertiary/aromatic N) is 3. The molecule has 0 saturated heterocycles. The van der Waals surface area contributed by atoms with Gasteiger partial charge in [-0.2, -0.15) is 0 Å². The van der Waals surface area contributed by atoms with Crippen molar-refractivity contribution in [2.24, 2.45) is 5.73 Å². The minimum Gasteiger partial charge on any atom is -0.463 e. The van der Waals surface area contributed by atoms with Crippen LogP contribution in [0.5, 0.6) is 0 Å². The molecule has 2 rings (SSSR count). The number of esters is 1. The van der Waals surface area contributed by atoms with Crippen molar-refractivity contribution in [2.45, 2.75) is 24.4 Å². The molecule has 7 nitrogen and oxygen atoms in total. The summed E-state index contributed by atoms with van der Waals surface area (Å²) >= 11 is 1.48. The van der Waals surface area contributed by atoms with Crippen LogP contribution in [0, 0.1) is 6.92 Å². The monoisotopic (exact) mass is 296 g/mol.